The maximum Gasteiger partial charge on any atom is 0.118 e. The van der Waals surface area contributed by atoms with E-state index in [9.17, 15) is 0 Å². The fourth-order valence-corrected chi connectivity index (χ4v) is 2.50. The highest BCUT2D eigenvalue weighted by atomic mass is 35.5. The molecule has 0 radical (unpaired) electrons. The van der Waals surface area contributed by atoms with Crippen molar-refractivity contribution in [2.45, 2.75) is 12.5 Å². The van der Waals surface area contributed by atoms with Crippen LogP contribution >= 0.6 is 23.2 Å². The summed E-state index contributed by atoms with van der Waals surface area (Å²) in [7, 11) is 1.64. The minimum absolute atomic E-state index is 0.0282. The Bertz CT molecular complexity index is 573. The molecule has 2 rings (SSSR count). The maximum atomic E-state index is 6.19. The van der Waals surface area contributed by atoms with Crippen LogP contribution in [0.25, 0.3) is 0 Å². The normalized spacial score (nSPS) is 12.2. The van der Waals surface area contributed by atoms with E-state index in [1.807, 2.05) is 36.4 Å². The molecular weight excluding hydrogens is 295 g/mol. The first-order valence-electron chi connectivity index (χ1n) is 6.18. The Morgan fingerprint density at radius 2 is 1.85 bits per heavy atom. The van der Waals surface area contributed by atoms with Gasteiger partial charge in [0.15, 0.2) is 0 Å². The molecule has 5 heteroatoms. The molecule has 0 saturated carbocycles. The van der Waals surface area contributed by atoms with Gasteiger partial charge in [-0.15, -0.1) is 0 Å². The number of ether oxygens (including phenoxy) is 1. The number of benzene rings is 2. The van der Waals surface area contributed by atoms with Crippen LogP contribution < -0.4 is 16.0 Å². The summed E-state index contributed by atoms with van der Waals surface area (Å²) in [5, 5.41) is 1.27. The second kappa shape index (κ2) is 6.95. The number of nitrogens with two attached hydrogens (primary N) is 1. The molecule has 2 aromatic rings. The van der Waals surface area contributed by atoms with Crippen molar-refractivity contribution in [1.29, 1.82) is 0 Å². The van der Waals surface area contributed by atoms with E-state index < -0.39 is 0 Å². The van der Waals surface area contributed by atoms with Gasteiger partial charge in [-0.25, -0.2) is 0 Å². The van der Waals surface area contributed by atoms with Gasteiger partial charge in [0.2, 0.25) is 0 Å². The average Bonchev–Trinajstić information content (AvgIpc) is 2.47. The molecule has 0 saturated heterocycles. The van der Waals surface area contributed by atoms with Gasteiger partial charge < -0.3 is 4.74 Å². The Balaban J connectivity index is 2.19. The summed E-state index contributed by atoms with van der Waals surface area (Å²) < 4.78 is 5.15. The van der Waals surface area contributed by atoms with Gasteiger partial charge in [0, 0.05) is 10.0 Å². The first-order chi connectivity index (χ1) is 9.63. The van der Waals surface area contributed by atoms with Gasteiger partial charge in [-0.1, -0.05) is 41.4 Å². The van der Waals surface area contributed by atoms with Crippen molar-refractivity contribution in [3.63, 3.8) is 0 Å². The lowest BCUT2D eigenvalue weighted by atomic mass is 9.99. The lowest BCUT2D eigenvalue weighted by Gasteiger charge is -2.17. The largest absolute Gasteiger partial charge is 0.497 e. The van der Waals surface area contributed by atoms with Gasteiger partial charge in [0.25, 0.3) is 0 Å². The highest BCUT2D eigenvalue weighted by Crippen LogP contribution is 2.26. The quantitative estimate of drug-likeness (QED) is 0.653. The van der Waals surface area contributed by atoms with Crippen LogP contribution in [0.3, 0.4) is 0 Å². The van der Waals surface area contributed by atoms with Gasteiger partial charge in [-0.3, -0.25) is 11.3 Å². The van der Waals surface area contributed by atoms with E-state index in [0.717, 1.165) is 16.9 Å². The summed E-state index contributed by atoms with van der Waals surface area (Å²) in [4.78, 5) is 0. The Morgan fingerprint density at radius 1 is 1.15 bits per heavy atom. The van der Waals surface area contributed by atoms with Gasteiger partial charge >= 0.3 is 0 Å². The summed E-state index contributed by atoms with van der Waals surface area (Å²) in [6.45, 7) is 0. The molecule has 0 amide bonds. The predicted molar refractivity (Wildman–Crippen MR) is 83.2 cm³/mol. The zero-order chi connectivity index (χ0) is 14.5. The van der Waals surface area contributed by atoms with E-state index >= 15 is 0 Å². The summed E-state index contributed by atoms with van der Waals surface area (Å²) >= 11 is 12.1. The third kappa shape index (κ3) is 3.64. The topological polar surface area (TPSA) is 47.3 Å². The third-order valence-corrected chi connectivity index (χ3v) is 3.75. The molecule has 20 heavy (non-hydrogen) atoms. The van der Waals surface area contributed by atoms with Gasteiger partial charge in [-0.05, 0) is 41.8 Å². The standard InChI is InChI=1S/C15H16Cl2N2O/c1-20-13-6-3-10(4-7-13)15(19-18)8-11-2-5-12(16)9-14(11)17/h2-7,9,15,19H,8,18H2,1H3. The smallest absolute Gasteiger partial charge is 0.118 e. The molecule has 0 fully saturated rings. The lowest BCUT2D eigenvalue weighted by Crippen LogP contribution is -2.29. The van der Waals surface area contributed by atoms with Crippen molar-refractivity contribution in [2.75, 3.05) is 7.11 Å². The van der Waals surface area contributed by atoms with Crippen LogP contribution in [0.15, 0.2) is 42.5 Å². The number of rotatable bonds is 5. The zero-order valence-corrected chi connectivity index (χ0v) is 12.6. The second-order valence-corrected chi connectivity index (χ2v) is 5.28. The molecule has 0 aliphatic heterocycles. The Morgan fingerprint density at radius 3 is 2.40 bits per heavy atom. The van der Waals surface area contributed by atoms with E-state index in [1.165, 1.54) is 0 Å². The number of nitrogens with one attached hydrogen (secondary N) is 1. The molecule has 0 heterocycles. The molecule has 3 N–H and O–H groups in total. The summed E-state index contributed by atoms with van der Waals surface area (Å²) in [6, 6.07) is 13.2. The SMILES string of the molecule is COc1ccc(C(Cc2ccc(Cl)cc2Cl)NN)cc1. The van der Waals surface area contributed by atoms with Crippen LogP contribution in [0.2, 0.25) is 10.0 Å². The van der Waals surface area contributed by atoms with E-state index in [2.05, 4.69) is 5.43 Å². The van der Waals surface area contributed by atoms with Crippen LogP contribution in [-0.2, 0) is 6.42 Å². The minimum Gasteiger partial charge on any atom is -0.497 e. The van der Waals surface area contributed by atoms with Crippen molar-refractivity contribution in [2.24, 2.45) is 5.84 Å². The van der Waals surface area contributed by atoms with Gasteiger partial charge in [-0.2, -0.15) is 0 Å². The van der Waals surface area contributed by atoms with E-state index in [-0.39, 0.29) is 6.04 Å². The minimum atomic E-state index is -0.0282. The number of hydrogen-bond donors (Lipinski definition) is 2. The molecule has 0 bridgehead atoms. The van der Waals surface area contributed by atoms with Crippen LogP contribution in [-0.4, -0.2) is 7.11 Å². The zero-order valence-electron chi connectivity index (χ0n) is 11.1. The number of halogens is 2. The Kier molecular flexibility index (Phi) is 5.26. The second-order valence-electron chi connectivity index (χ2n) is 4.43. The van der Waals surface area contributed by atoms with Gasteiger partial charge in [0.1, 0.15) is 5.75 Å². The Hall–Kier alpha value is -1.26. The fourth-order valence-electron chi connectivity index (χ4n) is 2.02. The van der Waals surface area contributed by atoms with Gasteiger partial charge in [0.05, 0.1) is 13.2 Å². The molecule has 0 aliphatic rings. The maximum absolute atomic E-state index is 6.19. The molecule has 1 unspecified atom stereocenters. The number of hydrogen-bond acceptors (Lipinski definition) is 3. The fraction of sp³-hybridized carbons (Fsp3) is 0.200. The molecule has 0 spiro atoms. The van der Waals surface area contributed by atoms with Crippen molar-refractivity contribution in [3.8, 4) is 5.75 Å². The van der Waals surface area contributed by atoms with Crippen LogP contribution in [0.5, 0.6) is 5.75 Å². The first-order valence-corrected chi connectivity index (χ1v) is 6.93. The first kappa shape index (κ1) is 15.1. The van der Waals surface area contributed by atoms with Crippen molar-refractivity contribution in [3.05, 3.63) is 63.6 Å². The molecule has 106 valence electrons. The van der Waals surface area contributed by atoms with E-state index in [4.69, 9.17) is 33.8 Å². The molecule has 3 nitrogen and oxygen atoms in total. The summed E-state index contributed by atoms with van der Waals surface area (Å²) in [5.41, 5.74) is 4.88. The number of hydrazine groups is 1. The summed E-state index contributed by atoms with van der Waals surface area (Å²) in [5.74, 6) is 6.47. The third-order valence-electron chi connectivity index (χ3n) is 3.16. The molecule has 0 aromatic heterocycles. The Labute approximate surface area is 128 Å². The van der Waals surface area contributed by atoms with Crippen LogP contribution in [0, 0.1) is 0 Å². The van der Waals surface area contributed by atoms with E-state index in [1.54, 1.807) is 13.2 Å². The molecule has 2 aromatic carbocycles. The summed E-state index contributed by atoms with van der Waals surface area (Å²) in [6.07, 6.45) is 0.679. The predicted octanol–water partition coefficient (Wildman–Crippen LogP) is 3.75. The molecule has 1 atom stereocenters. The highest BCUT2D eigenvalue weighted by Gasteiger charge is 2.13. The number of methoxy groups -OCH3 is 1. The highest BCUT2D eigenvalue weighted by molar-refractivity contribution is 6.35. The van der Waals surface area contributed by atoms with Crippen LogP contribution in [0.4, 0.5) is 0 Å². The van der Waals surface area contributed by atoms with Crippen molar-refractivity contribution in [1.82, 2.24) is 5.43 Å². The average molecular weight is 311 g/mol. The van der Waals surface area contributed by atoms with Crippen molar-refractivity contribution < 1.29 is 4.74 Å². The molecule has 0 aliphatic carbocycles. The van der Waals surface area contributed by atoms with E-state index in [0.29, 0.717) is 16.5 Å². The van der Waals surface area contributed by atoms with Crippen molar-refractivity contribution >= 4 is 23.2 Å². The molecular formula is C15H16Cl2N2O. The lowest BCUT2D eigenvalue weighted by molar-refractivity contribution is 0.414. The van der Waals surface area contributed by atoms with Crippen LogP contribution in [0.1, 0.15) is 17.2 Å². The monoisotopic (exact) mass is 310 g/mol.